The Kier molecular flexibility index (Phi) is 4.79. The zero-order valence-corrected chi connectivity index (χ0v) is 17.4. The van der Waals surface area contributed by atoms with Gasteiger partial charge in [-0.1, -0.05) is 66.7 Å². The van der Waals surface area contributed by atoms with E-state index in [4.69, 9.17) is 5.73 Å². The van der Waals surface area contributed by atoms with Crippen LogP contribution in [0.4, 0.5) is 0 Å². The molecule has 0 spiro atoms. The largest absolute Gasteiger partial charge is 0.366 e. The summed E-state index contributed by atoms with van der Waals surface area (Å²) in [6.45, 7) is 2.78. The smallest absolute Gasteiger partial charge is 0.249 e. The predicted octanol–water partition coefficient (Wildman–Crippen LogP) is 5.64. The lowest BCUT2D eigenvalue weighted by atomic mass is 9.99. The summed E-state index contributed by atoms with van der Waals surface area (Å²) >= 11 is 0. The maximum absolute atomic E-state index is 12.1. The summed E-state index contributed by atoms with van der Waals surface area (Å²) in [5, 5.41) is 1.82. The van der Waals surface area contributed by atoms with Crippen LogP contribution < -0.4 is 5.73 Å². The van der Waals surface area contributed by atoms with Gasteiger partial charge >= 0.3 is 0 Å². The highest BCUT2D eigenvalue weighted by molar-refractivity contribution is 6.17. The van der Waals surface area contributed by atoms with Gasteiger partial charge in [0.2, 0.25) is 5.91 Å². The molecule has 0 aliphatic rings. The molecule has 1 aromatic heterocycles. The van der Waals surface area contributed by atoms with Gasteiger partial charge in [0, 0.05) is 22.9 Å². The van der Waals surface area contributed by atoms with Crippen LogP contribution in [0.25, 0.3) is 21.8 Å². The first-order valence-corrected chi connectivity index (χ1v) is 10.5. The van der Waals surface area contributed by atoms with Crippen molar-refractivity contribution in [2.45, 2.75) is 19.9 Å². The molecule has 0 atom stereocenters. The van der Waals surface area contributed by atoms with Crippen molar-refractivity contribution in [1.29, 1.82) is 0 Å². The first-order chi connectivity index (χ1) is 15.1. The quantitative estimate of drug-likeness (QED) is 0.405. The molecule has 3 nitrogen and oxygen atoms in total. The average Bonchev–Trinajstić information content (AvgIpc) is 3.08. The Labute approximate surface area is 181 Å². The molecule has 1 heterocycles. The van der Waals surface area contributed by atoms with E-state index in [9.17, 15) is 4.79 Å². The van der Waals surface area contributed by atoms with Crippen LogP contribution >= 0.6 is 0 Å². The van der Waals surface area contributed by atoms with E-state index in [1.54, 1.807) is 6.07 Å². The molecular weight excluding hydrogens is 380 g/mol. The van der Waals surface area contributed by atoms with Gasteiger partial charge in [0.1, 0.15) is 0 Å². The lowest BCUT2D eigenvalue weighted by Crippen LogP contribution is -2.11. The van der Waals surface area contributed by atoms with E-state index in [0.717, 1.165) is 33.8 Å². The minimum absolute atomic E-state index is 0.414. The van der Waals surface area contributed by atoms with E-state index in [2.05, 4.69) is 78.2 Å². The van der Waals surface area contributed by atoms with Gasteiger partial charge in [-0.2, -0.15) is 0 Å². The Hall–Kier alpha value is -3.85. The van der Waals surface area contributed by atoms with Gasteiger partial charge < -0.3 is 10.3 Å². The van der Waals surface area contributed by atoms with Gasteiger partial charge in [0.15, 0.2) is 0 Å². The number of carbonyl (C=O) groups is 1. The molecule has 0 fully saturated rings. The van der Waals surface area contributed by atoms with Gasteiger partial charge in [0.25, 0.3) is 0 Å². The van der Waals surface area contributed by atoms with Crippen LogP contribution in [0.2, 0.25) is 0 Å². The molecule has 2 N–H and O–H groups in total. The fourth-order valence-corrected chi connectivity index (χ4v) is 4.41. The highest BCUT2D eigenvalue weighted by Crippen LogP contribution is 2.33. The minimum Gasteiger partial charge on any atom is -0.366 e. The molecule has 31 heavy (non-hydrogen) atoms. The maximum atomic E-state index is 12.1. The van der Waals surface area contributed by atoms with Crippen LogP contribution in [0.15, 0.2) is 84.9 Å². The summed E-state index contributed by atoms with van der Waals surface area (Å²) in [6, 6.07) is 32.4. The highest BCUT2D eigenvalue weighted by Gasteiger charge is 2.17. The number of hydrogen-bond acceptors (Lipinski definition) is 1. The molecular formula is C28H23N2O. The molecule has 5 rings (SSSR count). The fraction of sp³-hybridized carbons (Fsp3) is 0.107. The maximum Gasteiger partial charge on any atom is 0.249 e. The first kappa shape index (κ1) is 19.1. The minimum atomic E-state index is -0.414. The second-order valence-electron chi connectivity index (χ2n) is 8.02. The summed E-state index contributed by atoms with van der Waals surface area (Å²) in [5.74, 6) is -0.414. The van der Waals surface area contributed by atoms with Gasteiger partial charge in [-0.15, -0.1) is 0 Å². The molecule has 3 heteroatoms. The lowest BCUT2D eigenvalue weighted by Gasteiger charge is -2.13. The van der Waals surface area contributed by atoms with Crippen molar-refractivity contribution in [3.8, 4) is 0 Å². The molecule has 4 aromatic carbocycles. The van der Waals surface area contributed by atoms with Crippen LogP contribution in [0.5, 0.6) is 0 Å². The van der Waals surface area contributed by atoms with Gasteiger partial charge in [0.05, 0.1) is 11.0 Å². The number of benzene rings is 4. The van der Waals surface area contributed by atoms with Crippen LogP contribution in [0.3, 0.4) is 0 Å². The van der Waals surface area contributed by atoms with Crippen LogP contribution in [-0.2, 0) is 13.0 Å². The number of nitrogens with two attached hydrogens (primary N) is 1. The lowest BCUT2D eigenvalue weighted by molar-refractivity contribution is 0.100. The molecule has 0 unspecified atom stereocenters. The molecule has 0 aliphatic carbocycles. The number of fused-ring (bicyclic) bond motifs is 3. The van der Waals surface area contributed by atoms with Crippen molar-refractivity contribution in [3.05, 3.63) is 119 Å². The Bertz CT molecular complexity index is 1410. The summed E-state index contributed by atoms with van der Waals surface area (Å²) in [7, 11) is 0. The predicted molar refractivity (Wildman–Crippen MR) is 126 cm³/mol. The Morgan fingerprint density at radius 1 is 0.903 bits per heavy atom. The van der Waals surface area contributed by atoms with Crippen LogP contribution in [0, 0.1) is 13.0 Å². The van der Waals surface area contributed by atoms with Crippen LogP contribution in [0.1, 0.15) is 32.6 Å². The van der Waals surface area contributed by atoms with Crippen molar-refractivity contribution >= 4 is 27.7 Å². The average molecular weight is 404 g/mol. The molecule has 0 saturated heterocycles. The van der Waals surface area contributed by atoms with Crippen molar-refractivity contribution in [3.63, 3.8) is 0 Å². The molecule has 5 aromatic rings. The Morgan fingerprint density at radius 3 is 2.42 bits per heavy atom. The standard InChI is InChI=1S/C28H23N2O/c1-19-14-15-23-26(16-19)30(25-13-7-12-24(27(23)25)28(29)31)18-22-11-6-5-10-21(22)17-20-8-3-2-4-9-20/h2-14,16H,17-18H2,1H3,(H2,29,31). The van der Waals surface area contributed by atoms with Crippen LogP contribution in [-0.4, -0.2) is 10.5 Å². The number of hydrogen-bond donors (Lipinski definition) is 1. The van der Waals surface area contributed by atoms with Crippen molar-refractivity contribution in [2.75, 3.05) is 0 Å². The van der Waals surface area contributed by atoms with E-state index >= 15 is 0 Å². The van der Waals surface area contributed by atoms with Crippen molar-refractivity contribution < 1.29 is 4.79 Å². The van der Waals surface area contributed by atoms with Gasteiger partial charge in [-0.05, 0) is 59.9 Å². The third-order valence-electron chi connectivity index (χ3n) is 5.89. The molecule has 1 amide bonds. The first-order valence-electron chi connectivity index (χ1n) is 10.5. The Balaban J connectivity index is 1.69. The van der Waals surface area contributed by atoms with E-state index < -0.39 is 5.91 Å². The summed E-state index contributed by atoms with van der Waals surface area (Å²) in [6.07, 6.45) is 0.881. The SMILES string of the molecule is Cc1c[c]c2c3c(C(N)=O)cccc3n(Cc3ccccc3Cc3ccccc3)c2c1. The van der Waals surface area contributed by atoms with E-state index in [1.807, 2.05) is 18.2 Å². The second-order valence-corrected chi connectivity index (χ2v) is 8.02. The summed E-state index contributed by atoms with van der Waals surface area (Å²) in [4.78, 5) is 12.1. The number of rotatable bonds is 5. The fourth-order valence-electron chi connectivity index (χ4n) is 4.41. The summed E-state index contributed by atoms with van der Waals surface area (Å²) in [5.41, 5.74) is 13.3. The number of aromatic nitrogens is 1. The normalized spacial score (nSPS) is 11.3. The Morgan fingerprint density at radius 2 is 1.65 bits per heavy atom. The number of carbonyl (C=O) groups excluding carboxylic acids is 1. The zero-order chi connectivity index (χ0) is 21.4. The zero-order valence-electron chi connectivity index (χ0n) is 17.4. The third-order valence-corrected chi connectivity index (χ3v) is 5.89. The number of amides is 1. The van der Waals surface area contributed by atoms with Crippen molar-refractivity contribution in [2.24, 2.45) is 5.73 Å². The number of aryl methyl sites for hydroxylation is 1. The van der Waals surface area contributed by atoms with Gasteiger partial charge in [-0.25, -0.2) is 0 Å². The topological polar surface area (TPSA) is 48.0 Å². The monoisotopic (exact) mass is 403 g/mol. The molecule has 0 aliphatic heterocycles. The van der Waals surface area contributed by atoms with E-state index in [1.165, 1.54) is 16.7 Å². The second kappa shape index (κ2) is 7.77. The van der Waals surface area contributed by atoms with Crippen molar-refractivity contribution in [1.82, 2.24) is 4.57 Å². The number of primary amides is 1. The molecule has 1 radical (unpaired) electrons. The van der Waals surface area contributed by atoms with E-state index in [-0.39, 0.29) is 0 Å². The number of nitrogens with zero attached hydrogens (tertiary/aromatic N) is 1. The highest BCUT2D eigenvalue weighted by atomic mass is 16.1. The van der Waals surface area contributed by atoms with E-state index in [0.29, 0.717) is 12.1 Å². The molecule has 0 bridgehead atoms. The molecule has 0 saturated carbocycles. The van der Waals surface area contributed by atoms with Gasteiger partial charge in [-0.3, -0.25) is 4.79 Å². The molecule has 151 valence electrons. The third kappa shape index (κ3) is 3.49. The summed E-state index contributed by atoms with van der Waals surface area (Å²) < 4.78 is 2.28.